The number of aromatic amines is 1. The molecule has 1 saturated heterocycles. The number of piperazine rings is 1. The van der Waals surface area contributed by atoms with Crippen LogP contribution < -0.4 is 10.9 Å². The lowest BCUT2D eigenvalue weighted by Gasteiger charge is -2.36. The van der Waals surface area contributed by atoms with Crippen molar-refractivity contribution in [2.75, 3.05) is 19.6 Å². The molecule has 3 heterocycles. The predicted octanol–water partition coefficient (Wildman–Crippen LogP) is 2.69. The molecule has 1 aromatic carbocycles. The average molecular weight is 354 g/mol. The molecule has 0 bridgehead atoms. The van der Waals surface area contributed by atoms with Gasteiger partial charge in [0.1, 0.15) is 10.5 Å². The normalized spacial score (nSPS) is 18.7. The zero-order chi connectivity index (χ0) is 17.2. The molecule has 1 aliphatic heterocycles. The van der Waals surface area contributed by atoms with Crippen molar-refractivity contribution in [3.8, 4) is 0 Å². The molecule has 3 aromatic rings. The standard InChI is InChI=1S/C19H22N4OS/c1-2-13-3-5-14(6-4-13)16-11-20-8-9-23(16)12-17-21-15-7-10-25-18(15)19(24)22-17/h3-7,10,16,20H,2,8-9,11-12H2,1H3,(H,21,22,24). The molecule has 2 aromatic heterocycles. The Labute approximate surface area is 150 Å². The van der Waals surface area contributed by atoms with Gasteiger partial charge in [-0.05, 0) is 29.0 Å². The quantitative estimate of drug-likeness (QED) is 0.756. The summed E-state index contributed by atoms with van der Waals surface area (Å²) >= 11 is 1.44. The maximum absolute atomic E-state index is 12.2. The number of aromatic nitrogens is 2. The lowest BCUT2D eigenvalue weighted by Crippen LogP contribution is -2.45. The SMILES string of the molecule is CCc1ccc(C2CNCCN2Cc2nc3ccsc3c(=O)[nH]2)cc1. The van der Waals surface area contributed by atoms with Crippen LogP contribution in [-0.2, 0) is 13.0 Å². The molecule has 4 rings (SSSR count). The van der Waals surface area contributed by atoms with E-state index in [9.17, 15) is 4.79 Å². The lowest BCUT2D eigenvalue weighted by molar-refractivity contribution is 0.150. The second-order valence-electron chi connectivity index (χ2n) is 6.43. The smallest absolute Gasteiger partial charge is 0.268 e. The molecule has 0 spiro atoms. The van der Waals surface area contributed by atoms with E-state index in [1.54, 1.807) is 0 Å². The van der Waals surface area contributed by atoms with Crippen LogP contribution in [0.3, 0.4) is 0 Å². The summed E-state index contributed by atoms with van der Waals surface area (Å²) in [6.45, 7) is 5.63. The van der Waals surface area contributed by atoms with Gasteiger partial charge in [0.15, 0.2) is 0 Å². The summed E-state index contributed by atoms with van der Waals surface area (Å²) < 4.78 is 0.704. The highest BCUT2D eigenvalue weighted by Gasteiger charge is 2.24. The summed E-state index contributed by atoms with van der Waals surface area (Å²) in [5, 5.41) is 5.40. The van der Waals surface area contributed by atoms with Crippen molar-refractivity contribution in [3.63, 3.8) is 0 Å². The van der Waals surface area contributed by atoms with Crippen molar-refractivity contribution >= 4 is 21.6 Å². The topological polar surface area (TPSA) is 61.0 Å². The molecule has 0 aliphatic carbocycles. The Hall–Kier alpha value is -2.02. The van der Waals surface area contributed by atoms with Crippen LogP contribution in [0.4, 0.5) is 0 Å². The number of nitrogens with zero attached hydrogens (tertiary/aromatic N) is 2. The van der Waals surface area contributed by atoms with E-state index in [2.05, 4.69) is 51.4 Å². The first-order valence-electron chi connectivity index (χ1n) is 8.74. The number of benzene rings is 1. The van der Waals surface area contributed by atoms with Gasteiger partial charge in [0, 0.05) is 25.7 Å². The zero-order valence-corrected chi connectivity index (χ0v) is 15.1. The molecular formula is C19H22N4OS. The molecule has 25 heavy (non-hydrogen) atoms. The highest BCUT2D eigenvalue weighted by Crippen LogP contribution is 2.24. The van der Waals surface area contributed by atoms with Gasteiger partial charge in [0.05, 0.1) is 12.1 Å². The summed E-state index contributed by atoms with van der Waals surface area (Å²) in [5.41, 5.74) is 3.42. The third-order valence-electron chi connectivity index (χ3n) is 4.84. The zero-order valence-electron chi connectivity index (χ0n) is 14.3. The number of hydrogen-bond donors (Lipinski definition) is 2. The molecule has 0 saturated carbocycles. The fraction of sp³-hybridized carbons (Fsp3) is 0.368. The minimum Gasteiger partial charge on any atom is -0.314 e. The number of fused-ring (bicyclic) bond motifs is 1. The predicted molar refractivity (Wildman–Crippen MR) is 102 cm³/mol. The van der Waals surface area contributed by atoms with Crippen LogP contribution in [-0.4, -0.2) is 34.5 Å². The molecule has 2 N–H and O–H groups in total. The highest BCUT2D eigenvalue weighted by molar-refractivity contribution is 7.17. The fourth-order valence-corrected chi connectivity index (χ4v) is 4.15. The van der Waals surface area contributed by atoms with Crippen LogP contribution in [0.5, 0.6) is 0 Å². The Bertz CT molecular complexity index is 915. The van der Waals surface area contributed by atoms with E-state index in [0.717, 1.165) is 37.4 Å². The number of nitrogens with one attached hydrogen (secondary N) is 2. The molecule has 0 amide bonds. The first-order chi connectivity index (χ1) is 12.2. The van der Waals surface area contributed by atoms with E-state index in [-0.39, 0.29) is 5.56 Å². The molecular weight excluding hydrogens is 332 g/mol. The monoisotopic (exact) mass is 354 g/mol. The van der Waals surface area contributed by atoms with E-state index in [4.69, 9.17) is 0 Å². The highest BCUT2D eigenvalue weighted by atomic mass is 32.1. The van der Waals surface area contributed by atoms with Crippen molar-refractivity contribution in [2.24, 2.45) is 0 Å². The van der Waals surface area contributed by atoms with Crippen LogP contribution in [0.25, 0.3) is 10.2 Å². The third-order valence-corrected chi connectivity index (χ3v) is 5.75. The summed E-state index contributed by atoms with van der Waals surface area (Å²) in [6.07, 6.45) is 1.05. The Morgan fingerprint density at radius 2 is 2.12 bits per heavy atom. The van der Waals surface area contributed by atoms with Crippen molar-refractivity contribution in [3.05, 3.63) is 63.0 Å². The molecule has 130 valence electrons. The molecule has 0 radical (unpaired) electrons. The average Bonchev–Trinajstić information content (AvgIpc) is 3.11. The Morgan fingerprint density at radius 1 is 1.28 bits per heavy atom. The number of rotatable bonds is 4. The number of hydrogen-bond acceptors (Lipinski definition) is 5. The molecule has 6 heteroatoms. The first kappa shape index (κ1) is 16.4. The Morgan fingerprint density at radius 3 is 2.92 bits per heavy atom. The molecule has 5 nitrogen and oxygen atoms in total. The van der Waals surface area contributed by atoms with Crippen molar-refractivity contribution in [1.82, 2.24) is 20.2 Å². The minimum absolute atomic E-state index is 0.0333. The maximum Gasteiger partial charge on any atom is 0.268 e. The van der Waals surface area contributed by atoms with Gasteiger partial charge in [-0.2, -0.15) is 0 Å². The van der Waals surface area contributed by atoms with Gasteiger partial charge >= 0.3 is 0 Å². The van der Waals surface area contributed by atoms with E-state index in [0.29, 0.717) is 17.3 Å². The molecule has 1 aliphatic rings. The lowest BCUT2D eigenvalue weighted by atomic mass is 10.0. The van der Waals surface area contributed by atoms with E-state index in [1.807, 2.05) is 11.4 Å². The second kappa shape index (κ2) is 7.07. The summed E-state index contributed by atoms with van der Waals surface area (Å²) in [7, 11) is 0. The van der Waals surface area contributed by atoms with Crippen LogP contribution >= 0.6 is 11.3 Å². The molecule has 1 fully saturated rings. The van der Waals surface area contributed by atoms with Gasteiger partial charge in [-0.3, -0.25) is 9.69 Å². The van der Waals surface area contributed by atoms with Gasteiger partial charge in [0.25, 0.3) is 5.56 Å². The van der Waals surface area contributed by atoms with E-state index < -0.39 is 0 Å². The maximum atomic E-state index is 12.2. The van der Waals surface area contributed by atoms with Crippen molar-refractivity contribution in [1.29, 1.82) is 0 Å². The van der Waals surface area contributed by atoms with Crippen LogP contribution in [0, 0.1) is 0 Å². The fourth-order valence-electron chi connectivity index (χ4n) is 3.43. The second-order valence-corrected chi connectivity index (χ2v) is 7.35. The third kappa shape index (κ3) is 3.38. The van der Waals surface area contributed by atoms with Crippen LogP contribution in [0.2, 0.25) is 0 Å². The van der Waals surface area contributed by atoms with Crippen LogP contribution in [0.15, 0.2) is 40.5 Å². The first-order valence-corrected chi connectivity index (χ1v) is 9.62. The van der Waals surface area contributed by atoms with Crippen LogP contribution in [0.1, 0.15) is 29.9 Å². The van der Waals surface area contributed by atoms with Crippen molar-refractivity contribution < 1.29 is 0 Å². The number of H-pyrrole nitrogens is 1. The van der Waals surface area contributed by atoms with Gasteiger partial charge in [-0.15, -0.1) is 11.3 Å². The number of thiophene rings is 1. The van der Waals surface area contributed by atoms with Gasteiger partial charge in [-0.1, -0.05) is 31.2 Å². The van der Waals surface area contributed by atoms with Crippen molar-refractivity contribution in [2.45, 2.75) is 25.9 Å². The summed E-state index contributed by atoms with van der Waals surface area (Å²) in [6, 6.07) is 11.1. The van der Waals surface area contributed by atoms with Gasteiger partial charge < -0.3 is 10.3 Å². The molecule has 1 atom stereocenters. The van der Waals surface area contributed by atoms with E-state index >= 15 is 0 Å². The Kier molecular flexibility index (Phi) is 4.65. The van der Waals surface area contributed by atoms with E-state index in [1.165, 1.54) is 22.5 Å². The largest absolute Gasteiger partial charge is 0.314 e. The van der Waals surface area contributed by atoms with Gasteiger partial charge in [0.2, 0.25) is 0 Å². The summed E-state index contributed by atoms with van der Waals surface area (Å²) in [5.74, 6) is 0.743. The van der Waals surface area contributed by atoms with Gasteiger partial charge in [-0.25, -0.2) is 4.98 Å². The molecule has 1 unspecified atom stereocenters. The minimum atomic E-state index is -0.0333. The summed E-state index contributed by atoms with van der Waals surface area (Å²) in [4.78, 5) is 22.2. The number of aryl methyl sites for hydroxylation is 1. The Balaban J connectivity index is 1.60.